The molecule has 0 fully saturated rings. The van der Waals surface area contributed by atoms with Gasteiger partial charge in [0.15, 0.2) is 0 Å². The lowest BCUT2D eigenvalue weighted by Gasteiger charge is -2.14. The van der Waals surface area contributed by atoms with Crippen molar-refractivity contribution >= 4 is 11.9 Å². The number of carbonyl (C=O) groups excluding carboxylic acids is 1. The normalized spacial score (nSPS) is 12.0. The van der Waals surface area contributed by atoms with Crippen molar-refractivity contribution in [3.05, 3.63) is 51.9 Å². The third-order valence-electron chi connectivity index (χ3n) is 3.66. The molecule has 1 unspecified atom stereocenters. The Balaban J connectivity index is 2.11. The molecule has 0 saturated heterocycles. The minimum Gasteiger partial charge on any atom is -0.478 e. The molecule has 0 aliphatic carbocycles. The van der Waals surface area contributed by atoms with Gasteiger partial charge in [-0.25, -0.2) is 4.79 Å². The fourth-order valence-corrected chi connectivity index (χ4v) is 2.50. The highest BCUT2D eigenvalue weighted by atomic mass is 16.5. The maximum absolute atomic E-state index is 12.3. The number of hydrogen-bond donors (Lipinski definition) is 2. The van der Waals surface area contributed by atoms with Crippen molar-refractivity contribution in [3.63, 3.8) is 0 Å². The molecule has 2 rings (SSSR count). The summed E-state index contributed by atoms with van der Waals surface area (Å²) in [6.45, 7) is 7.35. The van der Waals surface area contributed by atoms with Crippen LogP contribution in [0.5, 0.6) is 0 Å². The van der Waals surface area contributed by atoms with Crippen molar-refractivity contribution in [2.75, 3.05) is 0 Å². The molecule has 122 valence electrons. The molecule has 1 aromatic heterocycles. The quantitative estimate of drug-likeness (QED) is 0.884. The van der Waals surface area contributed by atoms with Gasteiger partial charge >= 0.3 is 5.97 Å². The van der Waals surface area contributed by atoms with Gasteiger partial charge in [-0.2, -0.15) is 0 Å². The Morgan fingerprint density at radius 1 is 1.22 bits per heavy atom. The largest absolute Gasteiger partial charge is 0.478 e. The number of carbonyl (C=O) groups is 2. The molecule has 0 radical (unpaired) electrons. The Kier molecular flexibility index (Phi) is 4.83. The molecule has 1 amide bonds. The summed E-state index contributed by atoms with van der Waals surface area (Å²) in [6.07, 6.45) is 0.602. The lowest BCUT2D eigenvalue weighted by molar-refractivity contribution is 0.0696. The van der Waals surface area contributed by atoms with Crippen molar-refractivity contribution in [1.82, 2.24) is 10.5 Å². The number of nitrogens with one attached hydrogen (secondary N) is 1. The van der Waals surface area contributed by atoms with E-state index in [2.05, 4.69) is 10.5 Å². The van der Waals surface area contributed by atoms with Crippen LogP contribution in [0.1, 0.15) is 50.2 Å². The number of hydrogen-bond acceptors (Lipinski definition) is 4. The maximum Gasteiger partial charge on any atom is 0.335 e. The van der Waals surface area contributed by atoms with Crippen LogP contribution in [-0.2, 0) is 6.42 Å². The van der Waals surface area contributed by atoms with Gasteiger partial charge < -0.3 is 14.9 Å². The summed E-state index contributed by atoms with van der Waals surface area (Å²) >= 11 is 0. The number of carboxylic acid groups (broad SMARTS) is 1. The molecule has 0 spiro atoms. The third-order valence-corrected chi connectivity index (χ3v) is 3.66. The molecule has 2 N–H and O–H groups in total. The van der Waals surface area contributed by atoms with Crippen molar-refractivity contribution in [2.24, 2.45) is 0 Å². The number of rotatable bonds is 5. The number of nitrogens with zero attached hydrogens (tertiary/aromatic N) is 1. The van der Waals surface area contributed by atoms with E-state index in [9.17, 15) is 9.59 Å². The van der Waals surface area contributed by atoms with E-state index < -0.39 is 5.97 Å². The molecule has 1 aromatic carbocycles. The van der Waals surface area contributed by atoms with Crippen molar-refractivity contribution < 1.29 is 19.2 Å². The smallest absolute Gasteiger partial charge is 0.335 e. The maximum atomic E-state index is 12.3. The van der Waals surface area contributed by atoms with Crippen molar-refractivity contribution in [2.45, 2.75) is 40.2 Å². The molecule has 6 nitrogen and oxygen atoms in total. The zero-order chi connectivity index (χ0) is 17.1. The highest BCUT2D eigenvalue weighted by Crippen LogP contribution is 2.15. The molecular weight excluding hydrogens is 296 g/mol. The van der Waals surface area contributed by atoms with E-state index in [1.54, 1.807) is 13.0 Å². The number of aromatic nitrogens is 1. The minimum atomic E-state index is -1.05. The molecule has 2 aromatic rings. The Labute approximate surface area is 134 Å². The molecule has 0 aliphatic rings. The Morgan fingerprint density at radius 2 is 1.87 bits per heavy atom. The molecule has 0 aliphatic heterocycles. The highest BCUT2D eigenvalue weighted by molar-refractivity contribution is 5.97. The summed E-state index contributed by atoms with van der Waals surface area (Å²) in [7, 11) is 0. The summed E-state index contributed by atoms with van der Waals surface area (Å²) in [5, 5.41) is 15.9. The van der Waals surface area contributed by atoms with Crippen LogP contribution in [0.3, 0.4) is 0 Å². The van der Waals surface area contributed by atoms with Crippen LogP contribution in [-0.4, -0.2) is 28.2 Å². The molecule has 1 heterocycles. The monoisotopic (exact) mass is 316 g/mol. The Hall–Kier alpha value is -2.63. The van der Waals surface area contributed by atoms with Crippen LogP contribution in [0.15, 0.2) is 22.7 Å². The first-order valence-electron chi connectivity index (χ1n) is 7.35. The van der Waals surface area contributed by atoms with E-state index >= 15 is 0 Å². The average Bonchev–Trinajstić information content (AvgIpc) is 2.78. The lowest BCUT2D eigenvalue weighted by atomic mass is 10.0. The minimum absolute atomic E-state index is 0.105. The van der Waals surface area contributed by atoms with E-state index in [0.29, 0.717) is 12.0 Å². The van der Waals surface area contributed by atoms with Gasteiger partial charge in [-0.15, -0.1) is 0 Å². The summed E-state index contributed by atoms with van der Waals surface area (Å²) in [4.78, 5) is 23.4. The average molecular weight is 316 g/mol. The third kappa shape index (κ3) is 3.97. The second kappa shape index (κ2) is 6.64. The van der Waals surface area contributed by atoms with E-state index in [4.69, 9.17) is 9.63 Å². The topological polar surface area (TPSA) is 92.4 Å². The predicted molar refractivity (Wildman–Crippen MR) is 84.7 cm³/mol. The summed E-state index contributed by atoms with van der Waals surface area (Å²) in [6, 6.07) is 4.46. The van der Waals surface area contributed by atoms with Crippen molar-refractivity contribution in [1.29, 1.82) is 0 Å². The first kappa shape index (κ1) is 16.7. The van der Waals surface area contributed by atoms with Gasteiger partial charge in [-0.05, 0) is 57.9 Å². The molecule has 6 heteroatoms. The number of amides is 1. The number of aryl methyl sites for hydroxylation is 3. The Morgan fingerprint density at radius 3 is 2.43 bits per heavy atom. The second-order valence-electron chi connectivity index (χ2n) is 5.77. The van der Waals surface area contributed by atoms with E-state index in [-0.39, 0.29) is 17.5 Å². The molecule has 23 heavy (non-hydrogen) atoms. The molecule has 0 bridgehead atoms. The SMILES string of the molecule is Cc1cc(C(=O)O)cc(C(=O)NC(C)Cc2c(C)noc2C)c1. The molecule has 0 saturated carbocycles. The van der Waals surface area contributed by atoms with E-state index in [1.807, 2.05) is 20.8 Å². The van der Waals surface area contributed by atoms with E-state index in [1.165, 1.54) is 12.1 Å². The first-order valence-corrected chi connectivity index (χ1v) is 7.35. The summed E-state index contributed by atoms with van der Waals surface area (Å²) < 4.78 is 5.12. The van der Waals surface area contributed by atoms with Gasteiger partial charge in [0.25, 0.3) is 5.91 Å². The standard InChI is InChI=1S/C17H20N2O4/c1-9-5-13(8-14(6-9)17(21)22)16(20)18-10(2)7-15-11(3)19-23-12(15)4/h5-6,8,10H,7H2,1-4H3,(H,18,20)(H,21,22). The number of aromatic carboxylic acids is 1. The van der Waals surface area contributed by atoms with Gasteiger partial charge in [0.1, 0.15) is 5.76 Å². The van der Waals surface area contributed by atoms with Crippen LogP contribution in [0, 0.1) is 20.8 Å². The highest BCUT2D eigenvalue weighted by Gasteiger charge is 2.16. The van der Waals surface area contributed by atoms with Gasteiger partial charge in [0, 0.05) is 17.2 Å². The Bertz CT molecular complexity index is 730. The molecular formula is C17H20N2O4. The zero-order valence-electron chi connectivity index (χ0n) is 13.6. The first-order chi connectivity index (χ1) is 10.8. The van der Waals surface area contributed by atoms with E-state index in [0.717, 1.165) is 22.6 Å². The summed E-state index contributed by atoms with van der Waals surface area (Å²) in [5.41, 5.74) is 2.97. The zero-order valence-corrected chi connectivity index (χ0v) is 13.6. The number of carboxylic acids is 1. The van der Waals surface area contributed by atoms with Crippen LogP contribution in [0.25, 0.3) is 0 Å². The van der Waals surface area contributed by atoms with Crippen LogP contribution in [0.4, 0.5) is 0 Å². The van der Waals surface area contributed by atoms with Crippen molar-refractivity contribution in [3.8, 4) is 0 Å². The second-order valence-corrected chi connectivity index (χ2v) is 5.77. The van der Waals surface area contributed by atoms with Gasteiger partial charge in [-0.1, -0.05) is 5.16 Å². The van der Waals surface area contributed by atoms with Crippen LogP contribution < -0.4 is 5.32 Å². The van der Waals surface area contributed by atoms with Gasteiger partial charge in [0.05, 0.1) is 11.3 Å². The molecule has 1 atom stereocenters. The van der Waals surface area contributed by atoms with Gasteiger partial charge in [-0.3, -0.25) is 4.79 Å². The predicted octanol–water partition coefficient (Wildman–Crippen LogP) is 2.66. The van der Waals surface area contributed by atoms with Gasteiger partial charge in [0.2, 0.25) is 0 Å². The fourth-order valence-electron chi connectivity index (χ4n) is 2.50. The number of benzene rings is 1. The van der Waals surface area contributed by atoms with Crippen LogP contribution in [0.2, 0.25) is 0 Å². The fraction of sp³-hybridized carbons (Fsp3) is 0.353. The summed E-state index contributed by atoms with van der Waals surface area (Å²) in [5.74, 6) is -0.603. The van der Waals surface area contributed by atoms with Crippen LogP contribution >= 0.6 is 0 Å². The lowest BCUT2D eigenvalue weighted by Crippen LogP contribution is -2.34.